The van der Waals surface area contributed by atoms with Crippen molar-refractivity contribution in [1.82, 2.24) is 5.32 Å². The SMILES string of the molecule is Cc1ccc(C[C@H](N)[C@@H](O)C(=O)N[C@@H](CC(C)C)C(=O)O)cc1. The van der Waals surface area contributed by atoms with Crippen molar-refractivity contribution in [3.05, 3.63) is 35.4 Å². The lowest BCUT2D eigenvalue weighted by Crippen LogP contribution is -2.52. The first kappa shape index (κ1) is 19.1. The molecule has 0 radical (unpaired) electrons. The molecule has 0 fully saturated rings. The Balaban J connectivity index is 2.63. The highest BCUT2D eigenvalue weighted by Crippen LogP contribution is 2.09. The number of aliphatic hydroxyl groups excluding tert-OH is 1. The zero-order valence-electron chi connectivity index (χ0n) is 13.8. The van der Waals surface area contributed by atoms with Crippen molar-refractivity contribution >= 4 is 11.9 Å². The molecule has 0 saturated carbocycles. The summed E-state index contributed by atoms with van der Waals surface area (Å²) in [5.41, 5.74) is 7.90. The Morgan fingerprint density at radius 2 is 1.78 bits per heavy atom. The third-order valence-corrected chi connectivity index (χ3v) is 3.59. The summed E-state index contributed by atoms with van der Waals surface area (Å²) in [6.45, 7) is 5.69. The van der Waals surface area contributed by atoms with Crippen molar-refractivity contribution < 1.29 is 19.8 Å². The van der Waals surface area contributed by atoms with Crippen LogP contribution in [0.5, 0.6) is 0 Å². The number of aliphatic hydroxyl groups is 1. The van der Waals surface area contributed by atoms with Crippen molar-refractivity contribution in [2.45, 2.75) is 51.8 Å². The van der Waals surface area contributed by atoms with Gasteiger partial charge in [0.25, 0.3) is 5.91 Å². The van der Waals surface area contributed by atoms with E-state index in [1.54, 1.807) is 0 Å². The first-order chi connectivity index (χ1) is 10.7. The van der Waals surface area contributed by atoms with Crippen LogP contribution in [0.2, 0.25) is 0 Å². The molecular formula is C17H26N2O4. The lowest BCUT2D eigenvalue weighted by Gasteiger charge is -2.22. The predicted molar refractivity (Wildman–Crippen MR) is 87.9 cm³/mol. The van der Waals surface area contributed by atoms with Crippen molar-refractivity contribution in [3.63, 3.8) is 0 Å². The highest BCUT2D eigenvalue weighted by atomic mass is 16.4. The van der Waals surface area contributed by atoms with E-state index in [1.807, 2.05) is 45.0 Å². The highest BCUT2D eigenvalue weighted by molar-refractivity contribution is 5.86. The summed E-state index contributed by atoms with van der Waals surface area (Å²) in [5.74, 6) is -1.77. The van der Waals surface area contributed by atoms with Crippen LogP contribution < -0.4 is 11.1 Å². The van der Waals surface area contributed by atoms with Gasteiger partial charge in [0.05, 0.1) is 0 Å². The van der Waals surface area contributed by atoms with Gasteiger partial charge in [0, 0.05) is 6.04 Å². The van der Waals surface area contributed by atoms with Gasteiger partial charge >= 0.3 is 5.97 Å². The van der Waals surface area contributed by atoms with Crippen molar-refractivity contribution in [3.8, 4) is 0 Å². The maximum atomic E-state index is 12.0. The molecule has 0 saturated heterocycles. The second-order valence-electron chi connectivity index (χ2n) is 6.33. The van der Waals surface area contributed by atoms with E-state index >= 15 is 0 Å². The Labute approximate surface area is 136 Å². The number of carbonyl (C=O) groups excluding carboxylic acids is 1. The van der Waals surface area contributed by atoms with Gasteiger partial charge in [0.1, 0.15) is 12.1 Å². The topological polar surface area (TPSA) is 113 Å². The Bertz CT molecular complexity index is 528. The van der Waals surface area contributed by atoms with Crippen LogP contribution in [0.4, 0.5) is 0 Å². The molecule has 6 nitrogen and oxygen atoms in total. The van der Waals surface area contributed by atoms with Crippen molar-refractivity contribution in [2.24, 2.45) is 11.7 Å². The molecule has 0 spiro atoms. The van der Waals surface area contributed by atoms with Gasteiger partial charge in [0.2, 0.25) is 0 Å². The average Bonchev–Trinajstić information content (AvgIpc) is 2.47. The minimum atomic E-state index is -1.45. The zero-order chi connectivity index (χ0) is 17.6. The summed E-state index contributed by atoms with van der Waals surface area (Å²) in [6.07, 6.45) is -0.831. The highest BCUT2D eigenvalue weighted by Gasteiger charge is 2.28. The van der Waals surface area contributed by atoms with Gasteiger partial charge in [-0.15, -0.1) is 0 Å². The van der Waals surface area contributed by atoms with Gasteiger partial charge in [-0.05, 0) is 31.2 Å². The lowest BCUT2D eigenvalue weighted by atomic mass is 9.99. The number of carboxylic acid groups (broad SMARTS) is 1. The fourth-order valence-electron chi connectivity index (χ4n) is 2.25. The molecule has 3 atom stereocenters. The normalized spacial score (nSPS) is 15.0. The Hall–Kier alpha value is -1.92. The van der Waals surface area contributed by atoms with Crippen LogP contribution in [0.1, 0.15) is 31.4 Å². The summed E-state index contributed by atoms with van der Waals surface area (Å²) < 4.78 is 0. The third-order valence-electron chi connectivity index (χ3n) is 3.59. The minimum Gasteiger partial charge on any atom is -0.480 e. The summed E-state index contributed by atoms with van der Waals surface area (Å²) in [6, 6.07) is 5.81. The number of carboxylic acids is 1. The van der Waals surface area contributed by atoms with Gasteiger partial charge < -0.3 is 21.3 Å². The Morgan fingerprint density at radius 1 is 1.22 bits per heavy atom. The molecule has 1 aromatic rings. The number of rotatable bonds is 8. The van der Waals surface area contributed by atoms with Crippen LogP contribution in [-0.2, 0) is 16.0 Å². The van der Waals surface area contributed by atoms with Gasteiger partial charge in [0.15, 0.2) is 0 Å². The molecule has 128 valence electrons. The number of aryl methyl sites for hydroxylation is 1. The summed E-state index contributed by atoms with van der Waals surface area (Å²) >= 11 is 0. The van der Waals surface area contributed by atoms with Crippen LogP contribution in [0.25, 0.3) is 0 Å². The van der Waals surface area contributed by atoms with Crippen molar-refractivity contribution in [1.29, 1.82) is 0 Å². The molecule has 1 aromatic carbocycles. The molecule has 1 amide bonds. The number of hydrogen-bond acceptors (Lipinski definition) is 4. The molecule has 0 bridgehead atoms. The summed E-state index contributed by atoms with van der Waals surface area (Å²) in [4.78, 5) is 23.2. The summed E-state index contributed by atoms with van der Waals surface area (Å²) in [7, 11) is 0. The lowest BCUT2D eigenvalue weighted by molar-refractivity contribution is -0.144. The summed E-state index contributed by atoms with van der Waals surface area (Å²) in [5, 5.41) is 21.5. The number of nitrogens with one attached hydrogen (secondary N) is 1. The van der Waals surface area contributed by atoms with E-state index in [9.17, 15) is 14.7 Å². The van der Waals surface area contributed by atoms with Crippen molar-refractivity contribution in [2.75, 3.05) is 0 Å². The van der Waals surface area contributed by atoms with Crippen LogP contribution in [0, 0.1) is 12.8 Å². The molecule has 0 aliphatic heterocycles. The van der Waals surface area contributed by atoms with Crippen LogP contribution in [-0.4, -0.2) is 40.3 Å². The number of amides is 1. The molecular weight excluding hydrogens is 296 g/mol. The standard InChI is InChI=1S/C17H26N2O4/c1-10(2)8-14(17(22)23)19-16(21)15(20)13(18)9-12-6-4-11(3)5-7-12/h4-7,10,13-15,20H,8-9,18H2,1-3H3,(H,19,21)(H,22,23)/t13-,14-,15+/m0/s1. The monoisotopic (exact) mass is 322 g/mol. The predicted octanol–water partition coefficient (Wildman–Crippen LogP) is 0.841. The van der Waals surface area contributed by atoms with Gasteiger partial charge in [-0.2, -0.15) is 0 Å². The molecule has 5 N–H and O–H groups in total. The van der Waals surface area contributed by atoms with E-state index < -0.39 is 30.1 Å². The number of aliphatic carboxylic acids is 1. The van der Waals surface area contributed by atoms with Gasteiger partial charge in [-0.3, -0.25) is 4.79 Å². The molecule has 0 heterocycles. The quantitative estimate of drug-likeness (QED) is 0.566. The smallest absolute Gasteiger partial charge is 0.326 e. The van der Waals surface area contributed by atoms with E-state index in [2.05, 4.69) is 5.32 Å². The minimum absolute atomic E-state index is 0.106. The second-order valence-corrected chi connectivity index (χ2v) is 6.33. The fourth-order valence-corrected chi connectivity index (χ4v) is 2.25. The van der Waals surface area contributed by atoms with E-state index in [4.69, 9.17) is 10.8 Å². The second kappa shape index (κ2) is 8.64. The van der Waals surface area contributed by atoms with Gasteiger partial charge in [-0.1, -0.05) is 43.7 Å². The van der Waals surface area contributed by atoms with Crippen LogP contribution in [0.15, 0.2) is 24.3 Å². The largest absolute Gasteiger partial charge is 0.480 e. The number of benzene rings is 1. The number of hydrogen-bond donors (Lipinski definition) is 4. The molecule has 23 heavy (non-hydrogen) atoms. The number of carbonyl (C=O) groups is 2. The molecule has 0 aromatic heterocycles. The van der Waals surface area contributed by atoms with Crippen LogP contribution >= 0.6 is 0 Å². The Morgan fingerprint density at radius 3 is 2.26 bits per heavy atom. The fraction of sp³-hybridized carbons (Fsp3) is 0.529. The zero-order valence-corrected chi connectivity index (χ0v) is 13.8. The van der Waals surface area contributed by atoms with E-state index in [0.29, 0.717) is 12.8 Å². The maximum absolute atomic E-state index is 12.0. The van der Waals surface area contributed by atoms with E-state index in [1.165, 1.54) is 0 Å². The maximum Gasteiger partial charge on any atom is 0.326 e. The molecule has 0 aliphatic rings. The number of nitrogens with two attached hydrogens (primary N) is 1. The molecule has 0 aliphatic carbocycles. The molecule has 0 unspecified atom stereocenters. The Kier molecular flexibility index (Phi) is 7.19. The molecule has 1 rings (SSSR count). The first-order valence-electron chi connectivity index (χ1n) is 7.73. The molecule has 6 heteroatoms. The van der Waals surface area contributed by atoms with E-state index in [0.717, 1.165) is 11.1 Å². The first-order valence-corrected chi connectivity index (χ1v) is 7.73. The average molecular weight is 322 g/mol. The van der Waals surface area contributed by atoms with Gasteiger partial charge in [-0.25, -0.2) is 4.79 Å². The van der Waals surface area contributed by atoms with Crippen LogP contribution in [0.3, 0.4) is 0 Å². The van der Waals surface area contributed by atoms with E-state index in [-0.39, 0.29) is 5.92 Å². The third kappa shape index (κ3) is 6.38.